The fourth-order valence-corrected chi connectivity index (χ4v) is 4.19. The highest BCUT2D eigenvalue weighted by molar-refractivity contribution is 5.03. The lowest BCUT2D eigenvalue weighted by Gasteiger charge is -2.61. The third-order valence-corrected chi connectivity index (χ3v) is 5.50. The van der Waals surface area contributed by atoms with E-state index in [9.17, 15) is 0 Å². The van der Waals surface area contributed by atoms with Crippen LogP contribution in [0.25, 0.3) is 0 Å². The van der Waals surface area contributed by atoms with Crippen molar-refractivity contribution in [2.24, 2.45) is 29.1 Å². The molecule has 80 valence electrons. The van der Waals surface area contributed by atoms with Gasteiger partial charge in [0.2, 0.25) is 0 Å². The van der Waals surface area contributed by atoms with Crippen LogP contribution in [-0.4, -0.2) is 13.1 Å². The Bertz CT molecular complexity index is 227. The van der Waals surface area contributed by atoms with Gasteiger partial charge in [-0.05, 0) is 67.9 Å². The molecule has 1 saturated heterocycles. The van der Waals surface area contributed by atoms with Crippen LogP contribution in [-0.2, 0) is 0 Å². The summed E-state index contributed by atoms with van der Waals surface area (Å²) in [5.74, 6) is 4.24. The van der Waals surface area contributed by atoms with Crippen molar-refractivity contribution in [3.8, 4) is 0 Å². The van der Waals surface area contributed by atoms with E-state index in [-0.39, 0.29) is 0 Å². The standard InChI is InChI=1S/C13H23N/c1-13(2)11-4-3-10(12(13)6-11)5-9-7-14-8-9/h9-12,14H,3-8H2,1-2H3. The van der Waals surface area contributed by atoms with Crippen molar-refractivity contribution in [3.63, 3.8) is 0 Å². The van der Waals surface area contributed by atoms with Crippen LogP contribution < -0.4 is 5.32 Å². The predicted octanol–water partition coefficient (Wildman–Crippen LogP) is 2.67. The van der Waals surface area contributed by atoms with E-state index in [1.165, 1.54) is 32.4 Å². The van der Waals surface area contributed by atoms with E-state index in [4.69, 9.17) is 0 Å². The molecule has 1 heteroatoms. The topological polar surface area (TPSA) is 12.0 Å². The maximum absolute atomic E-state index is 3.40. The second-order valence-corrected chi connectivity index (χ2v) is 6.46. The molecule has 1 aliphatic heterocycles. The van der Waals surface area contributed by atoms with Gasteiger partial charge in [0.05, 0.1) is 0 Å². The first-order valence-corrected chi connectivity index (χ1v) is 6.38. The Hall–Kier alpha value is -0.0400. The summed E-state index contributed by atoms with van der Waals surface area (Å²) in [4.78, 5) is 0. The molecule has 0 spiro atoms. The molecule has 1 nitrogen and oxygen atoms in total. The van der Waals surface area contributed by atoms with Gasteiger partial charge in [0.15, 0.2) is 0 Å². The minimum atomic E-state index is 0.695. The number of nitrogens with one attached hydrogen (secondary N) is 1. The zero-order chi connectivity index (χ0) is 9.76. The third-order valence-electron chi connectivity index (χ3n) is 5.50. The smallest absolute Gasteiger partial charge is 0.000815 e. The molecular weight excluding hydrogens is 170 g/mol. The molecule has 3 atom stereocenters. The summed E-state index contributed by atoms with van der Waals surface area (Å²) in [5, 5.41) is 3.40. The molecule has 0 aromatic carbocycles. The van der Waals surface area contributed by atoms with Gasteiger partial charge in [0, 0.05) is 0 Å². The van der Waals surface area contributed by atoms with Crippen molar-refractivity contribution in [1.82, 2.24) is 5.32 Å². The molecule has 4 fully saturated rings. The van der Waals surface area contributed by atoms with Gasteiger partial charge >= 0.3 is 0 Å². The molecule has 0 aromatic heterocycles. The Kier molecular flexibility index (Phi) is 1.96. The highest BCUT2D eigenvalue weighted by Gasteiger charge is 2.54. The molecular formula is C13H23N. The van der Waals surface area contributed by atoms with Gasteiger partial charge in [-0.25, -0.2) is 0 Å². The molecule has 14 heavy (non-hydrogen) atoms. The largest absolute Gasteiger partial charge is 0.316 e. The van der Waals surface area contributed by atoms with Gasteiger partial charge in [-0.15, -0.1) is 0 Å². The average molecular weight is 193 g/mol. The first kappa shape index (κ1) is 9.21. The van der Waals surface area contributed by atoms with Crippen molar-refractivity contribution in [3.05, 3.63) is 0 Å². The SMILES string of the molecule is CC1(C)C2CCC(CC3CNC3)C1C2. The molecule has 1 heterocycles. The molecule has 3 saturated carbocycles. The second-order valence-electron chi connectivity index (χ2n) is 6.46. The number of fused-ring (bicyclic) bond motifs is 2. The summed E-state index contributed by atoms with van der Waals surface area (Å²) in [6.07, 6.45) is 6.13. The quantitative estimate of drug-likeness (QED) is 0.711. The monoisotopic (exact) mass is 193 g/mol. The molecule has 3 unspecified atom stereocenters. The molecule has 0 amide bonds. The van der Waals surface area contributed by atoms with Crippen LogP contribution in [0.5, 0.6) is 0 Å². The van der Waals surface area contributed by atoms with Gasteiger partial charge < -0.3 is 5.32 Å². The van der Waals surface area contributed by atoms with Crippen LogP contribution in [0.1, 0.15) is 39.5 Å². The van der Waals surface area contributed by atoms with Gasteiger partial charge in [-0.1, -0.05) is 13.8 Å². The number of hydrogen-bond donors (Lipinski definition) is 1. The summed E-state index contributed by atoms with van der Waals surface area (Å²) >= 11 is 0. The average Bonchev–Trinajstić information content (AvgIpc) is 2.11. The Morgan fingerprint density at radius 3 is 2.50 bits per heavy atom. The lowest BCUT2D eigenvalue weighted by Crippen LogP contribution is -2.54. The van der Waals surface area contributed by atoms with E-state index in [0.717, 1.165) is 23.7 Å². The molecule has 1 N–H and O–H groups in total. The van der Waals surface area contributed by atoms with E-state index in [1.54, 1.807) is 6.42 Å². The Morgan fingerprint density at radius 1 is 1.21 bits per heavy atom. The Labute approximate surface area is 87.7 Å². The lowest BCUT2D eigenvalue weighted by molar-refractivity contribution is -0.111. The minimum Gasteiger partial charge on any atom is -0.316 e. The summed E-state index contributed by atoms with van der Waals surface area (Å²) in [7, 11) is 0. The maximum atomic E-state index is 3.40. The first-order chi connectivity index (χ1) is 6.68. The summed E-state index contributed by atoms with van der Waals surface area (Å²) < 4.78 is 0. The fourth-order valence-electron chi connectivity index (χ4n) is 4.19. The molecule has 0 aromatic rings. The third kappa shape index (κ3) is 1.18. The lowest BCUT2D eigenvalue weighted by atomic mass is 9.45. The normalized spacial score (nSPS) is 45.4. The zero-order valence-electron chi connectivity index (χ0n) is 9.55. The van der Waals surface area contributed by atoms with E-state index in [0.29, 0.717) is 5.41 Å². The van der Waals surface area contributed by atoms with Crippen molar-refractivity contribution < 1.29 is 0 Å². The van der Waals surface area contributed by atoms with Crippen molar-refractivity contribution in [2.45, 2.75) is 39.5 Å². The van der Waals surface area contributed by atoms with E-state index < -0.39 is 0 Å². The fraction of sp³-hybridized carbons (Fsp3) is 1.00. The van der Waals surface area contributed by atoms with Crippen LogP contribution in [0.4, 0.5) is 0 Å². The van der Waals surface area contributed by atoms with Gasteiger partial charge in [0.1, 0.15) is 0 Å². The number of rotatable bonds is 2. The molecule has 3 aliphatic carbocycles. The Morgan fingerprint density at radius 2 is 2.00 bits per heavy atom. The zero-order valence-corrected chi connectivity index (χ0v) is 9.55. The van der Waals surface area contributed by atoms with Crippen molar-refractivity contribution in [1.29, 1.82) is 0 Å². The molecule has 4 aliphatic rings. The van der Waals surface area contributed by atoms with Gasteiger partial charge in [-0.2, -0.15) is 0 Å². The van der Waals surface area contributed by atoms with E-state index in [1.807, 2.05) is 0 Å². The van der Waals surface area contributed by atoms with Crippen molar-refractivity contribution >= 4 is 0 Å². The predicted molar refractivity (Wildman–Crippen MR) is 59.1 cm³/mol. The van der Waals surface area contributed by atoms with Crippen LogP contribution in [0, 0.1) is 29.1 Å². The Balaban J connectivity index is 1.63. The molecule has 2 bridgehead atoms. The van der Waals surface area contributed by atoms with E-state index >= 15 is 0 Å². The summed E-state index contributed by atoms with van der Waals surface area (Å²) in [6, 6.07) is 0. The highest BCUT2D eigenvalue weighted by Crippen LogP contribution is 2.62. The number of hydrogen-bond acceptors (Lipinski definition) is 1. The molecule has 0 radical (unpaired) electrons. The van der Waals surface area contributed by atoms with Crippen LogP contribution >= 0.6 is 0 Å². The van der Waals surface area contributed by atoms with Crippen LogP contribution in [0.2, 0.25) is 0 Å². The maximum Gasteiger partial charge on any atom is -0.000815 e. The first-order valence-electron chi connectivity index (χ1n) is 6.38. The van der Waals surface area contributed by atoms with Gasteiger partial charge in [0.25, 0.3) is 0 Å². The summed E-state index contributed by atoms with van der Waals surface area (Å²) in [5.41, 5.74) is 0.695. The van der Waals surface area contributed by atoms with Crippen LogP contribution in [0.15, 0.2) is 0 Å². The van der Waals surface area contributed by atoms with Crippen molar-refractivity contribution in [2.75, 3.05) is 13.1 Å². The molecule has 4 rings (SSSR count). The highest BCUT2D eigenvalue weighted by atomic mass is 14.9. The van der Waals surface area contributed by atoms with Gasteiger partial charge in [-0.3, -0.25) is 0 Å². The summed E-state index contributed by atoms with van der Waals surface area (Å²) in [6.45, 7) is 7.62. The van der Waals surface area contributed by atoms with Crippen LogP contribution in [0.3, 0.4) is 0 Å². The van der Waals surface area contributed by atoms with E-state index in [2.05, 4.69) is 19.2 Å². The second kappa shape index (κ2) is 2.98. The minimum absolute atomic E-state index is 0.695.